The van der Waals surface area contributed by atoms with Gasteiger partial charge in [0.2, 0.25) is 0 Å². The summed E-state index contributed by atoms with van der Waals surface area (Å²) in [5.74, 6) is 0.809. The Labute approximate surface area is 105 Å². The molecule has 0 amide bonds. The molecule has 0 unspecified atom stereocenters. The van der Waals surface area contributed by atoms with Crippen LogP contribution >= 0.6 is 11.3 Å². The van der Waals surface area contributed by atoms with E-state index in [2.05, 4.69) is 10.1 Å². The largest absolute Gasteiger partial charge is 0.372 e. The summed E-state index contributed by atoms with van der Waals surface area (Å²) in [7, 11) is 0. The molecule has 0 saturated heterocycles. The van der Waals surface area contributed by atoms with E-state index in [4.69, 9.17) is 9.26 Å². The fraction of sp³-hybridized carbons (Fsp3) is 0.500. The van der Waals surface area contributed by atoms with Crippen LogP contribution in [0.3, 0.4) is 0 Å². The molecule has 2 rings (SSSR count). The number of ether oxygens (including phenoxy) is 1. The fourth-order valence-corrected chi connectivity index (χ4v) is 2.28. The lowest BCUT2D eigenvalue weighted by molar-refractivity contribution is 0.0656. The van der Waals surface area contributed by atoms with E-state index in [-0.39, 0.29) is 6.10 Å². The van der Waals surface area contributed by atoms with Gasteiger partial charge in [-0.15, -0.1) is 11.3 Å². The molecule has 0 fully saturated rings. The second-order valence-electron chi connectivity index (χ2n) is 4.19. The predicted octanol–water partition coefficient (Wildman–Crippen LogP) is 3.34. The first-order chi connectivity index (χ1) is 8.08. The topological polar surface area (TPSA) is 48.2 Å². The third kappa shape index (κ3) is 2.73. The van der Waals surface area contributed by atoms with Gasteiger partial charge in [0.25, 0.3) is 0 Å². The molecule has 0 atom stereocenters. The highest BCUT2D eigenvalue weighted by atomic mass is 32.1. The normalized spacial score (nSPS) is 11.4. The SMILES string of the molecule is Cc1noc(C)c1-c1csc(COC(C)C)n1. The minimum Gasteiger partial charge on any atom is -0.372 e. The lowest BCUT2D eigenvalue weighted by Gasteiger charge is -2.03. The monoisotopic (exact) mass is 252 g/mol. The van der Waals surface area contributed by atoms with Crippen LogP contribution in [-0.2, 0) is 11.3 Å². The number of aromatic nitrogens is 2. The van der Waals surface area contributed by atoms with Gasteiger partial charge in [0.05, 0.1) is 29.7 Å². The number of rotatable bonds is 4. The molecule has 4 nitrogen and oxygen atoms in total. The molecule has 0 spiro atoms. The van der Waals surface area contributed by atoms with Crippen LogP contribution in [0.25, 0.3) is 11.3 Å². The van der Waals surface area contributed by atoms with Gasteiger partial charge >= 0.3 is 0 Å². The zero-order chi connectivity index (χ0) is 12.4. The van der Waals surface area contributed by atoms with Crippen LogP contribution < -0.4 is 0 Å². The first-order valence-electron chi connectivity index (χ1n) is 5.57. The van der Waals surface area contributed by atoms with Gasteiger partial charge in [-0.3, -0.25) is 0 Å². The third-order valence-corrected chi connectivity index (χ3v) is 3.20. The molecule has 0 radical (unpaired) electrons. The molecule has 5 heteroatoms. The molecule has 0 aliphatic heterocycles. The maximum absolute atomic E-state index is 5.53. The molecule has 0 aliphatic rings. The van der Waals surface area contributed by atoms with Crippen LogP contribution in [0.5, 0.6) is 0 Å². The Morgan fingerprint density at radius 1 is 1.41 bits per heavy atom. The molecule has 0 saturated carbocycles. The summed E-state index contributed by atoms with van der Waals surface area (Å²) < 4.78 is 10.7. The molecule has 0 aliphatic carbocycles. The fourth-order valence-electron chi connectivity index (χ4n) is 1.58. The molecule has 0 bridgehead atoms. The molecular weight excluding hydrogens is 236 g/mol. The minimum atomic E-state index is 0.224. The average molecular weight is 252 g/mol. The number of hydrogen-bond acceptors (Lipinski definition) is 5. The van der Waals surface area contributed by atoms with Crippen LogP contribution in [-0.4, -0.2) is 16.2 Å². The van der Waals surface area contributed by atoms with Gasteiger partial charge in [-0.1, -0.05) is 5.16 Å². The number of nitrogens with zero attached hydrogens (tertiary/aromatic N) is 2. The summed E-state index contributed by atoms with van der Waals surface area (Å²) in [4.78, 5) is 4.54. The van der Waals surface area contributed by atoms with Crippen molar-refractivity contribution in [2.75, 3.05) is 0 Å². The van der Waals surface area contributed by atoms with Crippen molar-refractivity contribution in [1.29, 1.82) is 0 Å². The molecular formula is C12H16N2O2S. The van der Waals surface area contributed by atoms with E-state index in [1.807, 2.05) is 33.1 Å². The van der Waals surface area contributed by atoms with Gasteiger partial charge < -0.3 is 9.26 Å². The summed E-state index contributed by atoms with van der Waals surface area (Å²) in [6.07, 6.45) is 0.224. The Kier molecular flexibility index (Phi) is 3.59. The van der Waals surface area contributed by atoms with E-state index in [1.165, 1.54) is 0 Å². The van der Waals surface area contributed by atoms with Crippen molar-refractivity contribution in [3.8, 4) is 11.3 Å². The molecule has 0 N–H and O–H groups in total. The smallest absolute Gasteiger partial charge is 0.143 e. The standard InChI is InChI=1S/C12H16N2O2S/c1-7(2)15-5-11-13-10(6-17-11)12-8(3)14-16-9(12)4/h6-7H,5H2,1-4H3. The summed E-state index contributed by atoms with van der Waals surface area (Å²) in [6, 6.07) is 0. The van der Waals surface area contributed by atoms with E-state index < -0.39 is 0 Å². The lowest BCUT2D eigenvalue weighted by atomic mass is 10.1. The second kappa shape index (κ2) is 4.98. The molecule has 0 aromatic carbocycles. The van der Waals surface area contributed by atoms with E-state index in [9.17, 15) is 0 Å². The van der Waals surface area contributed by atoms with Crippen LogP contribution in [0.2, 0.25) is 0 Å². The highest BCUT2D eigenvalue weighted by molar-refractivity contribution is 7.09. The second-order valence-corrected chi connectivity index (χ2v) is 5.13. The number of hydrogen-bond donors (Lipinski definition) is 0. The Hall–Kier alpha value is -1.20. The quantitative estimate of drug-likeness (QED) is 0.837. The van der Waals surface area contributed by atoms with Crippen LogP contribution in [0, 0.1) is 13.8 Å². The first kappa shape index (κ1) is 12.3. The van der Waals surface area contributed by atoms with E-state index in [0.717, 1.165) is 27.7 Å². The lowest BCUT2D eigenvalue weighted by Crippen LogP contribution is -2.01. The highest BCUT2D eigenvalue weighted by Crippen LogP contribution is 2.28. The minimum absolute atomic E-state index is 0.224. The predicted molar refractivity (Wildman–Crippen MR) is 67.0 cm³/mol. The van der Waals surface area contributed by atoms with Crippen molar-refractivity contribution in [3.63, 3.8) is 0 Å². The average Bonchev–Trinajstić information content (AvgIpc) is 2.83. The zero-order valence-electron chi connectivity index (χ0n) is 10.5. The summed E-state index contributed by atoms with van der Waals surface area (Å²) in [5, 5.41) is 6.93. The molecule has 2 aromatic heterocycles. The van der Waals surface area contributed by atoms with Crippen LogP contribution in [0.15, 0.2) is 9.90 Å². The van der Waals surface area contributed by atoms with Crippen LogP contribution in [0.4, 0.5) is 0 Å². The van der Waals surface area contributed by atoms with E-state index in [0.29, 0.717) is 6.61 Å². The van der Waals surface area contributed by atoms with Gasteiger partial charge in [-0.25, -0.2) is 4.98 Å². The van der Waals surface area contributed by atoms with E-state index in [1.54, 1.807) is 11.3 Å². The number of thiazole rings is 1. The Balaban J connectivity index is 2.18. The Bertz CT molecular complexity index is 483. The van der Waals surface area contributed by atoms with Gasteiger partial charge in [0.15, 0.2) is 0 Å². The maximum atomic E-state index is 5.53. The summed E-state index contributed by atoms with van der Waals surface area (Å²) in [6.45, 7) is 8.42. The van der Waals surface area contributed by atoms with Crippen molar-refractivity contribution in [2.45, 2.75) is 40.4 Å². The van der Waals surface area contributed by atoms with Crippen molar-refractivity contribution in [3.05, 3.63) is 21.8 Å². The van der Waals surface area contributed by atoms with Gasteiger partial charge in [0.1, 0.15) is 10.8 Å². The molecule has 17 heavy (non-hydrogen) atoms. The third-order valence-electron chi connectivity index (χ3n) is 2.38. The zero-order valence-corrected chi connectivity index (χ0v) is 11.3. The summed E-state index contributed by atoms with van der Waals surface area (Å²) >= 11 is 1.60. The van der Waals surface area contributed by atoms with Gasteiger partial charge in [-0.2, -0.15) is 0 Å². The van der Waals surface area contributed by atoms with Crippen molar-refractivity contribution >= 4 is 11.3 Å². The Morgan fingerprint density at radius 2 is 2.18 bits per heavy atom. The maximum Gasteiger partial charge on any atom is 0.143 e. The highest BCUT2D eigenvalue weighted by Gasteiger charge is 2.14. The molecule has 2 heterocycles. The molecule has 2 aromatic rings. The molecule has 92 valence electrons. The van der Waals surface area contributed by atoms with Crippen molar-refractivity contribution in [2.24, 2.45) is 0 Å². The Morgan fingerprint density at radius 3 is 2.76 bits per heavy atom. The van der Waals surface area contributed by atoms with Crippen molar-refractivity contribution < 1.29 is 9.26 Å². The number of aryl methyl sites for hydroxylation is 2. The first-order valence-corrected chi connectivity index (χ1v) is 6.45. The van der Waals surface area contributed by atoms with E-state index >= 15 is 0 Å². The van der Waals surface area contributed by atoms with Gasteiger partial charge in [-0.05, 0) is 27.7 Å². The van der Waals surface area contributed by atoms with Crippen molar-refractivity contribution in [1.82, 2.24) is 10.1 Å². The van der Waals surface area contributed by atoms with Gasteiger partial charge in [0, 0.05) is 5.38 Å². The van der Waals surface area contributed by atoms with Crippen LogP contribution in [0.1, 0.15) is 30.3 Å². The summed E-state index contributed by atoms with van der Waals surface area (Å²) in [5.41, 5.74) is 2.80.